The first kappa shape index (κ1) is 17.6. The number of amides is 3. The number of hydrogen-bond donors (Lipinski definition) is 3. The summed E-state index contributed by atoms with van der Waals surface area (Å²) in [6, 6.07) is 6.49. The van der Waals surface area contributed by atoms with Gasteiger partial charge < -0.3 is 14.8 Å². The van der Waals surface area contributed by atoms with Crippen molar-refractivity contribution in [2.24, 2.45) is 0 Å². The largest absolute Gasteiger partial charge is 0.484 e. The lowest BCUT2D eigenvalue weighted by atomic mass is 10.3. The molecule has 0 saturated heterocycles. The third-order valence-electron chi connectivity index (χ3n) is 2.21. The van der Waals surface area contributed by atoms with Gasteiger partial charge in [-0.3, -0.25) is 15.0 Å². The van der Waals surface area contributed by atoms with Gasteiger partial charge in [-0.25, -0.2) is 10.2 Å². The third-order valence-corrected chi connectivity index (χ3v) is 2.46. The average Bonchev–Trinajstić information content (AvgIpc) is 2.50. The lowest BCUT2D eigenvalue weighted by Gasteiger charge is -2.09. The Kier molecular flexibility index (Phi) is 7.55. The maximum Gasteiger partial charge on any atom is 0.426 e. The van der Waals surface area contributed by atoms with Crippen molar-refractivity contribution >= 4 is 29.5 Å². The van der Waals surface area contributed by atoms with Gasteiger partial charge in [0.2, 0.25) is 0 Å². The fourth-order valence-corrected chi connectivity index (χ4v) is 1.37. The number of nitrogens with one attached hydrogen (secondary N) is 3. The standard InChI is InChI=1S/C13H16ClN3O5/c1-2-21-13(20)17-16-11(18)7-15-12(19)8-22-10-5-3-9(14)4-6-10/h3-6H,2,7-8H2,1H3,(H,15,19)(H,16,18)(H,17,20). The molecule has 120 valence electrons. The molecule has 3 N–H and O–H groups in total. The maximum absolute atomic E-state index is 11.5. The summed E-state index contributed by atoms with van der Waals surface area (Å²) in [5.74, 6) is -0.609. The summed E-state index contributed by atoms with van der Waals surface area (Å²) < 4.78 is 9.73. The molecule has 1 rings (SSSR count). The van der Waals surface area contributed by atoms with E-state index in [2.05, 4.69) is 15.5 Å². The van der Waals surface area contributed by atoms with Crippen LogP contribution >= 0.6 is 11.6 Å². The first-order valence-corrected chi connectivity index (χ1v) is 6.75. The van der Waals surface area contributed by atoms with Crippen LogP contribution in [0, 0.1) is 0 Å². The van der Waals surface area contributed by atoms with Crippen LogP contribution in [0.25, 0.3) is 0 Å². The molecule has 0 saturated carbocycles. The van der Waals surface area contributed by atoms with Crippen molar-refractivity contribution < 1.29 is 23.9 Å². The zero-order chi connectivity index (χ0) is 16.4. The summed E-state index contributed by atoms with van der Waals surface area (Å²) in [5.41, 5.74) is 4.08. The number of ether oxygens (including phenoxy) is 2. The minimum absolute atomic E-state index is 0.181. The number of hydrazine groups is 1. The van der Waals surface area contributed by atoms with Crippen LogP contribution in [0.2, 0.25) is 5.02 Å². The highest BCUT2D eigenvalue weighted by molar-refractivity contribution is 6.30. The molecular weight excluding hydrogens is 314 g/mol. The highest BCUT2D eigenvalue weighted by atomic mass is 35.5. The second-order valence-corrected chi connectivity index (χ2v) is 4.35. The molecule has 22 heavy (non-hydrogen) atoms. The van der Waals surface area contributed by atoms with Crippen LogP contribution in [0.15, 0.2) is 24.3 Å². The summed E-state index contributed by atoms with van der Waals surface area (Å²) in [4.78, 5) is 33.7. The number of benzene rings is 1. The molecule has 3 amide bonds. The summed E-state index contributed by atoms with van der Waals surface area (Å²) >= 11 is 5.71. The van der Waals surface area contributed by atoms with Gasteiger partial charge >= 0.3 is 6.09 Å². The molecule has 0 aromatic heterocycles. The van der Waals surface area contributed by atoms with E-state index < -0.39 is 17.9 Å². The number of hydrogen-bond acceptors (Lipinski definition) is 5. The van der Waals surface area contributed by atoms with Crippen LogP contribution < -0.4 is 20.9 Å². The van der Waals surface area contributed by atoms with Crippen molar-refractivity contribution in [3.8, 4) is 5.75 Å². The Morgan fingerprint density at radius 2 is 1.77 bits per heavy atom. The van der Waals surface area contributed by atoms with Gasteiger partial charge in [-0.1, -0.05) is 11.6 Å². The quantitative estimate of drug-likeness (QED) is 0.663. The van der Waals surface area contributed by atoms with Crippen LogP contribution in [0.3, 0.4) is 0 Å². The van der Waals surface area contributed by atoms with E-state index in [1.807, 2.05) is 5.43 Å². The van der Waals surface area contributed by atoms with Crippen molar-refractivity contribution in [3.05, 3.63) is 29.3 Å². The zero-order valence-corrected chi connectivity index (χ0v) is 12.6. The molecule has 0 radical (unpaired) electrons. The lowest BCUT2D eigenvalue weighted by Crippen LogP contribution is -2.47. The Morgan fingerprint density at radius 1 is 1.09 bits per heavy atom. The molecular formula is C13H16ClN3O5. The number of rotatable bonds is 6. The van der Waals surface area contributed by atoms with Gasteiger partial charge in [0.15, 0.2) is 6.61 Å². The Balaban J connectivity index is 2.18. The minimum atomic E-state index is -0.784. The molecule has 0 unspecified atom stereocenters. The SMILES string of the molecule is CCOC(=O)NNC(=O)CNC(=O)COc1ccc(Cl)cc1. The predicted octanol–water partition coefficient (Wildman–Crippen LogP) is 0.612. The van der Waals surface area contributed by atoms with Crippen molar-refractivity contribution in [3.63, 3.8) is 0 Å². The van der Waals surface area contributed by atoms with Crippen molar-refractivity contribution in [2.75, 3.05) is 19.8 Å². The fourth-order valence-electron chi connectivity index (χ4n) is 1.24. The van der Waals surface area contributed by atoms with Gasteiger partial charge in [0.1, 0.15) is 5.75 Å². The predicted molar refractivity (Wildman–Crippen MR) is 78.3 cm³/mol. The van der Waals surface area contributed by atoms with E-state index in [4.69, 9.17) is 16.3 Å². The highest BCUT2D eigenvalue weighted by Crippen LogP contribution is 2.15. The van der Waals surface area contributed by atoms with Gasteiger partial charge in [-0.05, 0) is 31.2 Å². The Bertz CT molecular complexity index is 521. The van der Waals surface area contributed by atoms with E-state index in [1.54, 1.807) is 31.2 Å². The molecule has 0 atom stereocenters. The van der Waals surface area contributed by atoms with Gasteiger partial charge in [0.05, 0.1) is 13.2 Å². The van der Waals surface area contributed by atoms with E-state index >= 15 is 0 Å². The van der Waals surface area contributed by atoms with Crippen molar-refractivity contribution in [2.45, 2.75) is 6.92 Å². The number of halogens is 1. The van der Waals surface area contributed by atoms with Crippen molar-refractivity contribution in [1.82, 2.24) is 16.2 Å². The Hall–Kier alpha value is -2.48. The summed E-state index contributed by atoms with van der Waals surface area (Å²) in [6.07, 6.45) is -0.784. The number of carbonyl (C=O) groups excluding carboxylic acids is 3. The first-order chi connectivity index (χ1) is 10.5. The molecule has 0 aliphatic heterocycles. The first-order valence-electron chi connectivity index (χ1n) is 6.38. The zero-order valence-electron chi connectivity index (χ0n) is 11.8. The number of carbonyl (C=O) groups is 3. The molecule has 0 bridgehead atoms. The second kappa shape index (κ2) is 9.46. The molecule has 8 nitrogen and oxygen atoms in total. The molecule has 0 heterocycles. The van der Waals surface area contributed by atoms with E-state index in [1.165, 1.54) is 0 Å². The highest BCUT2D eigenvalue weighted by Gasteiger charge is 2.07. The van der Waals surface area contributed by atoms with E-state index in [0.717, 1.165) is 0 Å². The van der Waals surface area contributed by atoms with Gasteiger partial charge in [-0.15, -0.1) is 0 Å². The molecule has 9 heteroatoms. The summed E-state index contributed by atoms with van der Waals surface area (Å²) in [5, 5.41) is 2.88. The van der Waals surface area contributed by atoms with Gasteiger partial charge in [0, 0.05) is 5.02 Å². The Morgan fingerprint density at radius 3 is 2.41 bits per heavy atom. The van der Waals surface area contributed by atoms with Crippen LogP contribution in [0.5, 0.6) is 5.75 Å². The average molecular weight is 330 g/mol. The summed E-state index contributed by atoms with van der Waals surface area (Å²) in [6.45, 7) is 1.25. The molecule has 0 fully saturated rings. The molecule has 0 spiro atoms. The molecule has 0 aliphatic rings. The lowest BCUT2D eigenvalue weighted by molar-refractivity contribution is -0.127. The van der Waals surface area contributed by atoms with E-state index in [9.17, 15) is 14.4 Å². The maximum atomic E-state index is 11.5. The van der Waals surface area contributed by atoms with Gasteiger partial charge in [-0.2, -0.15) is 0 Å². The molecule has 1 aromatic carbocycles. The van der Waals surface area contributed by atoms with E-state index in [0.29, 0.717) is 10.8 Å². The normalized spacial score (nSPS) is 9.55. The van der Waals surface area contributed by atoms with Crippen LogP contribution in [-0.2, 0) is 14.3 Å². The van der Waals surface area contributed by atoms with E-state index in [-0.39, 0.29) is 19.8 Å². The van der Waals surface area contributed by atoms with Crippen LogP contribution in [-0.4, -0.2) is 37.7 Å². The molecule has 0 aliphatic carbocycles. The second-order valence-electron chi connectivity index (χ2n) is 3.91. The minimum Gasteiger partial charge on any atom is -0.484 e. The summed E-state index contributed by atoms with van der Waals surface area (Å²) in [7, 11) is 0. The van der Waals surface area contributed by atoms with Gasteiger partial charge in [0.25, 0.3) is 11.8 Å². The fraction of sp³-hybridized carbons (Fsp3) is 0.308. The van der Waals surface area contributed by atoms with Crippen LogP contribution in [0.1, 0.15) is 6.92 Å². The van der Waals surface area contributed by atoms with Crippen molar-refractivity contribution in [1.29, 1.82) is 0 Å². The molecule has 1 aromatic rings. The monoisotopic (exact) mass is 329 g/mol. The Labute approximate surface area is 132 Å². The van der Waals surface area contributed by atoms with Crippen LogP contribution in [0.4, 0.5) is 4.79 Å². The smallest absolute Gasteiger partial charge is 0.426 e. The topological polar surface area (TPSA) is 106 Å². The third kappa shape index (κ3) is 7.34.